The number of hydrogen-bond donors (Lipinski definition) is 1. The van der Waals surface area contributed by atoms with Crippen molar-refractivity contribution in [2.75, 3.05) is 0 Å². The fourth-order valence-electron chi connectivity index (χ4n) is 3.08. The van der Waals surface area contributed by atoms with Crippen LogP contribution in [0.15, 0.2) is 0 Å². The molecule has 0 aromatic heterocycles. The van der Waals surface area contributed by atoms with Crippen molar-refractivity contribution in [2.24, 2.45) is 17.8 Å². The molecule has 0 heterocycles. The van der Waals surface area contributed by atoms with E-state index in [1.54, 1.807) is 0 Å². The third kappa shape index (κ3) is 1.76. The number of alkyl halides is 4. The van der Waals surface area contributed by atoms with Crippen LogP contribution in [0, 0.1) is 17.8 Å². The van der Waals surface area contributed by atoms with Crippen molar-refractivity contribution in [3.8, 4) is 0 Å². The van der Waals surface area contributed by atoms with Crippen molar-refractivity contribution in [1.82, 2.24) is 0 Å². The Morgan fingerprint density at radius 2 is 1.65 bits per heavy atom. The van der Waals surface area contributed by atoms with Crippen LogP contribution >= 0.6 is 0 Å². The average molecular weight is 276 g/mol. The first-order chi connectivity index (χ1) is 7.57. The molecule has 8 heteroatoms. The number of fused-ring (bicyclic) bond motifs is 2. The third-order valence-electron chi connectivity index (χ3n) is 3.92. The van der Waals surface area contributed by atoms with Gasteiger partial charge in [0.2, 0.25) is 0 Å². The first-order valence-corrected chi connectivity index (χ1v) is 6.74. The van der Waals surface area contributed by atoms with Gasteiger partial charge in [0, 0.05) is 5.92 Å². The van der Waals surface area contributed by atoms with Gasteiger partial charge >= 0.3 is 21.3 Å². The van der Waals surface area contributed by atoms with Crippen LogP contribution in [0.3, 0.4) is 0 Å². The lowest BCUT2D eigenvalue weighted by atomic mass is 9.84. The molecule has 0 saturated heterocycles. The predicted molar refractivity (Wildman–Crippen MR) is 50.4 cm³/mol. The Bertz CT molecular complexity index is 420. The highest BCUT2D eigenvalue weighted by atomic mass is 32.2. The van der Waals surface area contributed by atoms with Crippen molar-refractivity contribution >= 4 is 10.1 Å². The van der Waals surface area contributed by atoms with Crippen molar-refractivity contribution in [1.29, 1.82) is 0 Å². The molecule has 2 bridgehead atoms. The van der Waals surface area contributed by atoms with Crippen LogP contribution in [0.5, 0.6) is 0 Å². The quantitative estimate of drug-likeness (QED) is 0.636. The van der Waals surface area contributed by atoms with Gasteiger partial charge in [-0.05, 0) is 31.1 Å². The third-order valence-corrected chi connectivity index (χ3v) is 4.84. The van der Waals surface area contributed by atoms with Crippen LogP contribution in [0.25, 0.3) is 0 Å². The van der Waals surface area contributed by atoms with E-state index in [4.69, 9.17) is 4.55 Å². The maximum absolute atomic E-state index is 13.6. The molecule has 0 amide bonds. The van der Waals surface area contributed by atoms with Crippen LogP contribution < -0.4 is 0 Å². The Morgan fingerprint density at radius 3 is 2.00 bits per heavy atom. The average Bonchev–Trinajstić information content (AvgIpc) is 2.76. The van der Waals surface area contributed by atoms with Crippen LogP contribution in [-0.2, 0) is 10.1 Å². The van der Waals surface area contributed by atoms with E-state index in [-0.39, 0.29) is 12.3 Å². The number of rotatable bonds is 3. The molecule has 0 spiro atoms. The van der Waals surface area contributed by atoms with Gasteiger partial charge in [-0.15, -0.1) is 0 Å². The highest BCUT2D eigenvalue weighted by molar-refractivity contribution is 7.87. The van der Waals surface area contributed by atoms with Gasteiger partial charge in [0.25, 0.3) is 0 Å². The monoisotopic (exact) mass is 276 g/mol. The maximum Gasteiger partial charge on any atom is 0.431 e. The van der Waals surface area contributed by atoms with E-state index in [0.717, 1.165) is 6.42 Å². The lowest BCUT2D eigenvalue weighted by Gasteiger charge is -2.33. The Labute approximate surface area is 95.9 Å². The largest absolute Gasteiger partial charge is 0.431 e. The number of hydrogen-bond acceptors (Lipinski definition) is 2. The van der Waals surface area contributed by atoms with Gasteiger partial charge in [-0.1, -0.05) is 6.42 Å². The summed E-state index contributed by atoms with van der Waals surface area (Å²) >= 11 is 0. The molecular formula is C9H12F4O3S. The summed E-state index contributed by atoms with van der Waals surface area (Å²) in [6, 6.07) is 0. The van der Waals surface area contributed by atoms with Gasteiger partial charge < -0.3 is 0 Å². The summed E-state index contributed by atoms with van der Waals surface area (Å²) in [5.41, 5.74) is 0. The SMILES string of the molecule is O=S(=O)(O)C(F)(F)C(F)(F)C1CC2CC[C@H]1C2. The molecule has 0 aromatic carbocycles. The minimum atomic E-state index is -6.10. The Balaban J connectivity index is 2.31. The van der Waals surface area contributed by atoms with Crippen molar-refractivity contribution in [3.05, 3.63) is 0 Å². The smallest absolute Gasteiger partial charge is 0.281 e. The lowest BCUT2D eigenvalue weighted by Crippen LogP contribution is -2.52. The van der Waals surface area contributed by atoms with E-state index >= 15 is 0 Å². The van der Waals surface area contributed by atoms with Crippen LogP contribution in [0.4, 0.5) is 17.6 Å². The molecule has 2 aliphatic rings. The van der Waals surface area contributed by atoms with Crippen LogP contribution in [0.2, 0.25) is 0 Å². The Kier molecular flexibility index (Phi) is 2.74. The summed E-state index contributed by atoms with van der Waals surface area (Å²) in [6.07, 6.45) is 1.51. The van der Waals surface area contributed by atoms with Gasteiger partial charge in [0.05, 0.1) is 0 Å². The molecule has 3 atom stereocenters. The summed E-state index contributed by atoms with van der Waals surface area (Å²) < 4.78 is 82.4. The molecule has 0 aromatic rings. The second-order valence-electron chi connectivity index (χ2n) is 4.90. The topological polar surface area (TPSA) is 54.4 Å². The van der Waals surface area contributed by atoms with Crippen LogP contribution in [0.1, 0.15) is 25.7 Å². The zero-order valence-corrected chi connectivity index (χ0v) is 9.56. The molecule has 100 valence electrons. The standard InChI is InChI=1S/C9H12F4O3S/c10-8(11,9(12,13)17(14,15)16)7-4-5-1-2-6(7)3-5/h5-7H,1-4H2,(H,14,15,16)/t5?,6-,7?/m0/s1. The predicted octanol–water partition coefficient (Wildman–Crippen LogP) is 2.54. The molecule has 2 saturated carbocycles. The highest BCUT2D eigenvalue weighted by Crippen LogP contribution is 2.58. The zero-order chi connectivity index (χ0) is 13.1. The number of halogens is 4. The zero-order valence-electron chi connectivity index (χ0n) is 8.74. The van der Waals surface area contributed by atoms with Crippen molar-refractivity contribution < 1.29 is 30.5 Å². The van der Waals surface area contributed by atoms with E-state index in [0.29, 0.717) is 12.8 Å². The Morgan fingerprint density at radius 1 is 1.06 bits per heavy atom. The van der Waals surface area contributed by atoms with Crippen molar-refractivity contribution in [3.63, 3.8) is 0 Å². The summed E-state index contributed by atoms with van der Waals surface area (Å²) in [5.74, 6) is -6.95. The highest BCUT2D eigenvalue weighted by Gasteiger charge is 2.71. The lowest BCUT2D eigenvalue weighted by molar-refractivity contribution is -0.202. The molecule has 2 rings (SSSR count). The van der Waals surface area contributed by atoms with E-state index in [1.165, 1.54) is 0 Å². The first kappa shape index (κ1) is 13.1. The van der Waals surface area contributed by atoms with Crippen LogP contribution in [-0.4, -0.2) is 24.1 Å². The fourth-order valence-corrected chi connectivity index (χ4v) is 3.57. The van der Waals surface area contributed by atoms with E-state index < -0.39 is 33.1 Å². The minimum Gasteiger partial charge on any atom is -0.281 e. The molecule has 0 radical (unpaired) electrons. The molecule has 2 unspecified atom stereocenters. The molecule has 3 nitrogen and oxygen atoms in total. The normalized spacial score (nSPS) is 34.3. The molecule has 0 aliphatic heterocycles. The molecule has 2 aliphatic carbocycles. The van der Waals surface area contributed by atoms with E-state index in [2.05, 4.69) is 0 Å². The summed E-state index contributed by atoms with van der Waals surface area (Å²) in [5, 5.41) is -5.41. The summed E-state index contributed by atoms with van der Waals surface area (Å²) in [7, 11) is -6.10. The van der Waals surface area contributed by atoms with Gasteiger partial charge in [-0.25, -0.2) is 0 Å². The Hall–Kier alpha value is -0.370. The van der Waals surface area contributed by atoms with Gasteiger partial charge in [-0.2, -0.15) is 26.0 Å². The van der Waals surface area contributed by atoms with E-state index in [9.17, 15) is 26.0 Å². The molecule has 17 heavy (non-hydrogen) atoms. The fraction of sp³-hybridized carbons (Fsp3) is 1.00. The molecule has 2 fully saturated rings. The minimum absolute atomic E-state index is 0.0203. The van der Waals surface area contributed by atoms with Gasteiger partial charge in [0.1, 0.15) is 0 Å². The van der Waals surface area contributed by atoms with E-state index in [1.807, 2.05) is 0 Å². The first-order valence-electron chi connectivity index (χ1n) is 5.30. The second-order valence-corrected chi connectivity index (χ2v) is 6.36. The summed E-state index contributed by atoms with van der Waals surface area (Å²) in [4.78, 5) is 0. The maximum atomic E-state index is 13.6. The molecular weight excluding hydrogens is 264 g/mol. The summed E-state index contributed by atoms with van der Waals surface area (Å²) in [6.45, 7) is 0. The van der Waals surface area contributed by atoms with Crippen molar-refractivity contribution in [2.45, 2.75) is 36.9 Å². The van der Waals surface area contributed by atoms with Gasteiger partial charge in [-0.3, -0.25) is 4.55 Å². The molecule has 1 N–H and O–H groups in total. The second kappa shape index (κ2) is 3.57. The van der Waals surface area contributed by atoms with Gasteiger partial charge in [0.15, 0.2) is 0 Å².